The molecule has 8 nitrogen and oxygen atoms in total. The fourth-order valence-electron chi connectivity index (χ4n) is 4.98. The lowest BCUT2D eigenvalue weighted by molar-refractivity contribution is -0.275. The number of hydrogen-bond donors (Lipinski definition) is 1. The number of rotatable bonds is 13. The van der Waals surface area contributed by atoms with Crippen molar-refractivity contribution in [1.82, 2.24) is 9.97 Å². The molecule has 1 saturated carbocycles. The lowest BCUT2D eigenvalue weighted by Crippen LogP contribution is -2.43. The SMILES string of the molecule is CCOC(=O)C[C@H](c1ccnc(OCC2CCN(c3cc(OC)ncc3NCC(F)(F)C(F)(F)F)CC2)c1)C1CC1. The van der Waals surface area contributed by atoms with Crippen LogP contribution in [-0.2, 0) is 9.53 Å². The van der Waals surface area contributed by atoms with Crippen LogP contribution in [-0.4, -0.2) is 68.0 Å². The number of hydrogen-bond acceptors (Lipinski definition) is 8. The van der Waals surface area contributed by atoms with Gasteiger partial charge in [-0.15, -0.1) is 0 Å². The number of ether oxygens (including phenoxy) is 3. The normalized spacial score (nSPS) is 17.2. The van der Waals surface area contributed by atoms with E-state index >= 15 is 0 Å². The lowest BCUT2D eigenvalue weighted by Gasteiger charge is -2.35. The van der Waals surface area contributed by atoms with Gasteiger partial charge < -0.3 is 24.4 Å². The average molecular weight is 587 g/mol. The van der Waals surface area contributed by atoms with Crippen LogP contribution < -0.4 is 19.7 Å². The zero-order valence-electron chi connectivity index (χ0n) is 23.1. The van der Waals surface area contributed by atoms with Crippen molar-refractivity contribution < 1.29 is 41.0 Å². The van der Waals surface area contributed by atoms with Gasteiger partial charge in [0.05, 0.1) is 50.9 Å². The highest BCUT2D eigenvalue weighted by atomic mass is 19.4. The minimum atomic E-state index is -5.66. The number of aromatic nitrogens is 2. The smallest absolute Gasteiger partial charge is 0.455 e. The first-order chi connectivity index (χ1) is 19.5. The summed E-state index contributed by atoms with van der Waals surface area (Å²) in [5.41, 5.74) is 1.51. The largest absolute Gasteiger partial charge is 0.481 e. The van der Waals surface area contributed by atoms with Crippen molar-refractivity contribution in [3.05, 3.63) is 36.2 Å². The third-order valence-electron chi connectivity index (χ3n) is 7.47. The molecule has 0 aromatic carbocycles. The lowest BCUT2D eigenvalue weighted by atomic mass is 9.92. The van der Waals surface area contributed by atoms with Crippen LogP contribution in [0.1, 0.15) is 50.5 Å². The van der Waals surface area contributed by atoms with E-state index in [0.29, 0.717) is 63.1 Å². The summed E-state index contributed by atoms with van der Waals surface area (Å²) in [6.45, 7) is 2.01. The van der Waals surface area contributed by atoms with Gasteiger partial charge in [0.15, 0.2) is 0 Å². The van der Waals surface area contributed by atoms with E-state index in [2.05, 4.69) is 15.3 Å². The Morgan fingerprint density at radius 1 is 1.10 bits per heavy atom. The van der Waals surface area contributed by atoms with Gasteiger partial charge in [0.25, 0.3) is 0 Å². The maximum atomic E-state index is 13.5. The minimum Gasteiger partial charge on any atom is -0.481 e. The van der Waals surface area contributed by atoms with Gasteiger partial charge in [-0.25, -0.2) is 9.97 Å². The third kappa shape index (κ3) is 8.10. The Hall–Kier alpha value is -3.38. The zero-order chi connectivity index (χ0) is 29.6. The summed E-state index contributed by atoms with van der Waals surface area (Å²) in [5.74, 6) is -3.70. The Bertz CT molecular complexity index is 1170. The highest BCUT2D eigenvalue weighted by Gasteiger charge is 2.57. The van der Waals surface area contributed by atoms with Crippen LogP contribution in [0.3, 0.4) is 0 Å². The maximum absolute atomic E-state index is 13.5. The van der Waals surface area contributed by atoms with Crippen molar-refractivity contribution in [3.63, 3.8) is 0 Å². The highest BCUT2D eigenvalue weighted by molar-refractivity contribution is 5.71. The van der Waals surface area contributed by atoms with E-state index in [0.717, 1.165) is 18.4 Å². The molecule has 226 valence electrons. The van der Waals surface area contributed by atoms with E-state index in [-0.39, 0.29) is 29.4 Å². The van der Waals surface area contributed by atoms with Gasteiger partial charge in [-0.05, 0) is 62.0 Å². The molecule has 0 amide bonds. The van der Waals surface area contributed by atoms with Gasteiger partial charge in [-0.2, -0.15) is 22.0 Å². The Morgan fingerprint density at radius 3 is 2.46 bits per heavy atom. The monoisotopic (exact) mass is 586 g/mol. The standard InChI is InChI=1S/C28H35F5N4O4/c1-3-40-26(38)13-21(19-4-5-19)20-6-9-34-25(12-20)41-16-18-7-10-37(11-8-18)23-14-24(39-2)35-15-22(23)36-17-27(29,30)28(31,32)33/h6,9,12,14-15,18-19,21,36H,3-5,7-8,10-11,13,16-17H2,1-2H3/t21-/m0/s1. The van der Waals surface area contributed by atoms with E-state index in [9.17, 15) is 26.7 Å². The molecule has 41 heavy (non-hydrogen) atoms. The highest BCUT2D eigenvalue weighted by Crippen LogP contribution is 2.45. The topological polar surface area (TPSA) is 85.8 Å². The molecule has 13 heteroatoms. The predicted octanol–water partition coefficient (Wildman–Crippen LogP) is 5.84. The van der Waals surface area contributed by atoms with Crippen LogP contribution in [0.15, 0.2) is 30.6 Å². The van der Waals surface area contributed by atoms with Crippen LogP contribution in [0.5, 0.6) is 11.8 Å². The molecular formula is C28H35F5N4O4. The van der Waals surface area contributed by atoms with Gasteiger partial charge in [-0.1, -0.05) is 0 Å². The molecule has 2 aromatic rings. The number of nitrogens with zero attached hydrogens (tertiary/aromatic N) is 3. The van der Waals surface area contributed by atoms with Crippen LogP contribution in [0.4, 0.5) is 33.3 Å². The summed E-state index contributed by atoms with van der Waals surface area (Å²) >= 11 is 0. The first-order valence-electron chi connectivity index (χ1n) is 13.7. The zero-order valence-corrected chi connectivity index (χ0v) is 23.1. The Kier molecular flexibility index (Phi) is 9.75. The number of alkyl halides is 5. The number of esters is 1. The van der Waals surface area contributed by atoms with E-state index in [1.165, 1.54) is 19.4 Å². The molecule has 0 radical (unpaired) electrons. The molecule has 1 aliphatic carbocycles. The molecule has 2 aliphatic rings. The van der Waals surface area contributed by atoms with Crippen molar-refractivity contribution in [2.75, 3.05) is 50.2 Å². The van der Waals surface area contributed by atoms with E-state index < -0.39 is 18.6 Å². The molecule has 0 unspecified atom stereocenters. The first-order valence-corrected chi connectivity index (χ1v) is 13.7. The molecular weight excluding hydrogens is 551 g/mol. The van der Waals surface area contributed by atoms with E-state index in [1.807, 2.05) is 17.0 Å². The second-order valence-corrected chi connectivity index (χ2v) is 10.4. The van der Waals surface area contributed by atoms with E-state index in [1.54, 1.807) is 13.1 Å². The summed E-state index contributed by atoms with van der Waals surface area (Å²) in [6.07, 6.45) is 1.11. The maximum Gasteiger partial charge on any atom is 0.455 e. The number of piperidine rings is 1. The summed E-state index contributed by atoms with van der Waals surface area (Å²) in [4.78, 5) is 22.3. The summed E-state index contributed by atoms with van der Waals surface area (Å²) in [7, 11) is 1.40. The van der Waals surface area contributed by atoms with Crippen LogP contribution in [0.2, 0.25) is 0 Å². The molecule has 1 atom stereocenters. The number of nitrogens with one attached hydrogen (secondary N) is 1. The Balaban J connectivity index is 1.34. The summed E-state index contributed by atoms with van der Waals surface area (Å²) in [5, 5.41) is 2.22. The van der Waals surface area contributed by atoms with Crippen molar-refractivity contribution in [1.29, 1.82) is 0 Å². The number of carbonyl (C=O) groups excluding carboxylic acids is 1. The van der Waals surface area contributed by atoms with Crippen LogP contribution in [0, 0.1) is 11.8 Å². The molecule has 0 bridgehead atoms. The summed E-state index contributed by atoms with van der Waals surface area (Å²) in [6, 6.07) is 5.31. The molecule has 3 heterocycles. The van der Waals surface area contributed by atoms with Crippen LogP contribution in [0.25, 0.3) is 0 Å². The molecule has 1 aliphatic heterocycles. The second kappa shape index (κ2) is 13.1. The van der Waals surface area contributed by atoms with Gasteiger partial charge in [0, 0.05) is 31.4 Å². The Morgan fingerprint density at radius 2 is 1.83 bits per heavy atom. The number of carbonyl (C=O) groups is 1. The first kappa shape index (κ1) is 30.6. The van der Waals surface area contributed by atoms with E-state index in [4.69, 9.17) is 14.2 Å². The van der Waals surface area contributed by atoms with Crippen molar-refractivity contribution in [2.24, 2.45) is 11.8 Å². The van der Waals surface area contributed by atoms with Gasteiger partial charge >= 0.3 is 18.1 Å². The third-order valence-corrected chi connectivity index (χ3v) is 7.47. The fourth-order valence-corrected chi connectivity index (χ4v) is 4.98. The van der Waals surface area contributed by atoms with Gasteiger partial charge in [0.2, 0.25) is 11.8 Å². The number of methoxy groups -OCH3 is 1. The molecule has 0 spiro atoms. The predicted molar refractivity (Wildman–Crippen MR) is 142 cm³/mol. The number of halogens is 5. The molecule has 1 N–H and O–H groups in total. The number of pyridine rings is 2. The fraction of sp³-hybridized carbons (Fsp3) is 0.607. The quantitative estimate of drug-likeness (QED) is 0.232. The van der Waals surface area contributed by atoms with Crippen molar-refractivity contribution in [3.8, 4) is 11.8 Å². The van der Waals surface area contributed by atoms with Gasteiger partial charge in [-0.3, -0.25) is 4.79 Å². The molecule has 2 fully saturated rings. The summed E-state index contributed by atoms with van der Waals surface area (Å²) < 4.78 is 81.3. The van der Waals surface area contributed by atoms with Crippen molar-refractivity contribution in [2.45, 2.75) is 57.0 Å². The average Bonchev–Trinajstić information content (AvgIpc) is 3.79. The molecule has 4 rings (SSSR count). The molecule has 1 saturated heterocycles. The van der Waals surface area contributed by atoms with Crippen molar-refractivity contribution >= 4 is 17.3 Å². The molecule has 2 aromatic heterocycles. The minimum absolute atomic E-state index is 0.0680. The number of anilines is 2. The van der Waals surface area contributed by atoms with Gasteiger partial charge in [0.1, 0.15) is 0 Å². The second-order valence-electron chi connectivity index (χ2n) is 10.4. The Labute approximate surface area is 235 Å². The van der Waals surface area contributed by atoms with Crippen LogP contribution >= 0.6 is 0 Å².